The van der Waals surface area contributed by atoms with Gasteiger partial charge in [-0.1, -0.05) is 68.3 Å². The highest BCUT2D eigenvalue weighted by Gasteiger charge is 2.27. The molecule has 1 saturated heterocycles. The summed E-state index contributed by atoms with van der Waals surface area (Å²) in [4.78, 5) is 15.4. The lowest BCUT2D eigenvalue weighted by atomic mass is 9.86. The largest absolute Gasteiger partial charge is 0.352 e. The third-order valence-corrected chi connectivity index (χ3v) is 7.96. The fourth-order valence-corrected chi connectivity index (χ4v) is 5.68. The lowest BCUT2D eigenvalue weighted by Crippen LogP contribution is -2.44. The molecule has 7 heteroatoms. The van der Waals surface area contributed by atoms with Crippen LogP contribution in [0.25, 0.3) is 0 Å². The van der Waals surface area contributed by atoms with Gasteiger partial charge in [0.05, 0.1) is 18.3 Å². The minimum atomic E-state index is -0.203. The predicted molar refractivity (Wildman–Crippen MR) is 130 cm³/mol. The molecule has 1 N–H and O–H groups in total. The van der Waals surface area contributed by atoms with Crippen LogP contribution >= 0.6 is 11.8 Å². The molecule has 2 heterocycles. The van der Waals surface area contributed by atoms with Gasteiger partial charge in [-0.15, -0.1) is 10.2 Å². The maximum atomic E-state index is 13.0. The van der Waals surface area contributed by atoms with Crippen molar-refractivity contribution >= 4 is 17.7 Å². The molecule has 3 unspecified atom stereocenters. The average Bonchev–Trinajstić information content (AvgIpc) is 3.17. The molecular weight excluding hydrogens is 418 g/mol. The van der Waals surface area contributed by atoms with E-state index < -0.39 is 0 Å². The summed E-state index contributed by atoms with van der Waals surface area (Å²) in [5.74, 6) is 1.66. The number of piperidine rings is 1. The molecule has 2 aliphatic rings. The van der Waals surface area contributed by atoms with Crippen LogP contribution in [0.2, 0.25) is 0 Å². The number of likely N-dealkylation sites (tertiary alicyclic amines) is 1. The quantitative estimate of drug-likeness (QED) is 0.594. The second-order valence-corrected chi connectivity index (χ2v) is 10.8. The maximum Gasteiger partial charge on any atom is 0.233 e. The average molecular weight is 456 g/mol. The Morgan fingerprint density at radius 3 is 2.56 bits per heavy atom. The van der Waals surface area contributed by atoms with Crippen molar-refractivity contribution in [3.63, 3.8) is 0 Å². The third kappa shape index (κ3) is 6.13. The topological polar surface area (TPSA) is 63.1 Å². The lowest BCUT2D eigenvalue weighted by Gasteiger charge is -2.30. The minimum Gasteiger partial charge on any atom is -0.352 e. The van der Waals surface area contributed by atoms with E-state index in [1.54, 1.807) is 0 Å². The molecule has 174 valence electrons. The van der Waals surface area contributed by atoms with Crippen LogP contribution in [0, 0.1) is 5.92 Å². The molecular formula is C25H37N5OS. The standard InChI is InChI=1S/C25H37N5OS/c1-19-11-7-8-14-22(19)26-24(31)20(2)32-25-28-27-23(18-29-15-9-4-10-16-29)30(25)17-21-12-5-3-6-13-21/h3,5-6,12-13,19-20,22H,4,7-11,14-18H2,1-2H3,(H,26,31). The summed E-state index contributed by atoms with van der Waals surface area (Å²) >= 11 is 1.53. The van der Waals surface area contributed by atoms with Crippen LogP contribution in [0.3, 0.4) is 0 Å². The monoisotopic (exact) mass is 455 g/mol. The smallest absolute Gasteiger partial charge is 0.233 e. The molecule has 1 amide bonds. The second-order valence-electron chi connectivity index (χ2n) is 9.44. The van der Waals surface area contributed by atoms with E-state index in [0.29, 0.717) is 12.0 Å². The van der Waals surface area contributed by atoms with Crippen molar-refractivity contribution in [3.8, 4) is 0 Å². The first-order chi connectivity index (χ1) is 15.6. The van der Waals surface area contributed by atoms with Crippen LogP contribution in [-0.2, 0) is 17.9 Å². The molecule has 6 nitrogen and oxygen atoms in total. The molecule has 4 rings (SSSR count). The van der Waals surface area contributed by atoms with Crippen LogP contribution in [-0.4, -0.2) is 50.0 Å². The first-order valence-corrected chi connectivity index (χ1v) is 13.1. The molecule has 1 aromatic carbocycles. The molecule has 1 saturated carbocycles. The number of rotatable bonds is 8. The number of nitrogens with one attached hydrogen (secondary N) is 1. The van der Waals surface area contributed by atoms with Crippen LogP contribution in [0.4, 0.5) is 0 Å². The zero-order chi connectivity index (χ0) is 22.3. The van der Waals surface area contributed by atoms with Crippen molar-refractivity contribution in [1.29, 1.82) is 0 Å². The van der Waals surface area contributed by atoms with Gasteiger partial charge in [0.25, 0.3) is 0 Å². The third-order valence-electron chi connectivity index (χ3n) is 6.88. The van der Waals surface area contributed by atoms with Crippen molar-refractivity contribution in [1.82, 2.24) is 25.0 Å². The Kier molecular flexibility index (Phi) is 8.25. The van der Waals surface area contributed by atoms with Gasteiger partial charge in [-0.05, 0) is 57.2 Å². The maximum absolute atomic E-state index is 13.0. The van der Waals surface area contributed by atoms with Gasteiger partial charge in [0.2, 0.25) is 5.91 Å². The number of aromatic nitrogens is 3. The van der Waals surface area contributed by atoms with Gasteiger partial charge in [0, 0.05) is 6.04 Å². The van der Waals surface area contributed by atoms with Gasteiger partial charge in [0.15, 0.2) is 5.16 Å². The van der Waals surface area contributed by atoms with Crippen LogP contribution in [0.5, 0.6) is 0 Å². The Morgan fingerprint density at radius 1 is 1.06 bits per heavy atom. The van der Waals surface area contributed by atoms with Gasteiger partial charge >= 0.3 is 0 Å². The number of benzene rings is 1. The molecule has 2 aromatic rings. The molecule has 1 aliphatic carbocycles. The van der Waals surface area contributed by atoms with E-state index in [2.05, 4.69) is 56.2 Å². The van der Waals surface area contributed by atoms with Gasteiger partial charge in [-0.25, -0.2) is 0 Å². The molecule has 0 bridgehead atoms. The predicted octanol–water partition coefficient (Wildman–Crippen LogP) is 4.49. The van der Waals surface area contributed by atoms with Crippen molar-refractivity contribution < 1.29 is 4.79 Å². The van der Waals surface area contributed by atoms with Gasteiger partial charge in [0.1, 0.15) is 5.82 Å². The molecule has 2 fully saturated rings. The Morgan fingerprint density at radius 2 is 1.81 bits per heavy atom. The number of hydrogen-bond acceptors (Lipinski definition) is 5. The highest BCUT2D eigenvalue weighted by Crippen LogP contribution is 2.27. The highest BCUT2D eigenvalue weighted by atomic mass is 32.2. The van der Waals surface area contributed by atoms with Gasteiger partial charge in [-0.2, -0.15) is 0 Å². The summed E-state index contributed by atoms with van der Waals surface area (Å²) in [7, 11) is 0. The summed E-state index contributed by atoms with van der Waals surface area (Å²) < 4.78 is 2.21. The van der Waals surface area contributed by atoms with Crippen molar-refractivity contribution in [2.24, 2.45) is 5.92 Å². The Bertz CT molecular complexity index is 864. The molecule has 1 aromatic heterocycles. The first kappa shape index (κ1) is 23.3. The Labute approximate surface area is 196 Å². The zero-order valence-electron chi connectivity index (χ0n) is 19.5. The van der Waals surface area contributed by atoms with E-state index in [9.17, 15) is 4.79 Å². The number of carbonyl (C=O) groups is 1. The molecule has 1 aliphatic heterocycles. The minimum absolute atomic E-state index is 0.112. The van der Waals surface area contributed by atoms with Crippen LogP contribution in [0.1, 0.15) is 70.2 Å². The van der Waals surface area contributed by atoms with Crippen molar-refractivity contribution in [2.45, 2.75) is 88.3 Å². The van der Waals surface area contributed by atoms with Gasteiger partial charge < -0.3 is 9.88 Å². The Hall–Kier alpha value is -1.86. The van der Waals surface area contributed by atoms with Crippen molar-refractivity contribution in [2.75, 3.05) is 13.1 Å². The van der Waals surface area contributed by atoms with Gasteiger partial charge in [-0.3, -0.25) is 9.69 Å². The molecule has 3 atom stereocenters. The van der Waals surface area contributed by atoms with Crippen LogP contribution < -0.4 is 5.32 Å². The fourth-order valence-electron chi connectivity index (χ4n) is 4.81. The SMILES string of the molecule is CC(Sc1nnc(CN2CCCCC2)n1Cc1ccccc1)C(=O)NC1CCCCC1C. The molecule has 0 spiro atoms. The number of thioether (sulfide) groups is 1. The van der Waals surface area contributed by atoms with E-state index >= 15 is 0 Å². The zero-order valence-corrected chi connectivity index (χ0v) is 20.3. The number of nitrogens with zero attached hydrogens (tertiary/aromatic N) is 4. The first-order valence-electron chi connectivity index (χ1n) is 12.3. The normalized spacial score (nSPS) is 23.1. The highest BCUT2D eigenvalue weighted by molar-refractivity contribution is 8.00. The molecule has 32 heavy (non-hydrogen) atoms. The summed E-state index contributed by atoms with van der Waals surface area (Å²) in [5.41, 5.74) is 1.22. The van der Waals surface area contributed by atoms with E-state index in [0.717, 1.165) is 43.6 Å². The molecule has 0 radical (unpaired) electrons. The fraction of sp³-hybridized carbons (Fsp3) is 0.640. The number of carbonyl (C=O) groups excluding carboxylic acids is 1. The lowest BCUT2D eigenvalue weighted by molar-refractivity contribution is -0.121. The summed E-state index contributed by atoms with van der Waals surface area (Å²) in [6, 6.07) is 10.8. The van der Waals surface area contributed by atoms with Crippen LogP contribution in [0.15, 0.2) is 35.5 Å². The van der Waals surface area contributed by atoms with E-state index in [1.165, 1.54) is 55.9 Å². The van der Waals surface area contributed by atoms with E-state index in [-0.39, 0.29) is 11.2 Å². The summed E-state index contributed by atoms with van der Waals surface area (Å²) in [6.45, 7) is 8.04. The number of hydrogen-bond donors (Lipinski definition) is 1. The second kappa shape index (κ2) is 11.3. The van der Waals surface area contributed by atoms with E-state index in [1.807, 2.05) is 13.0 Å². The van der Waals surface area contributed by atoms with Crippen molar-refractivity contribution in [3.05, 3.63) is 41.7 Å². The van der Waals surface area contributed by atoms with E-state index in [4.69, 9.17) is 0 Å². The number of amides is 1. The summed E-state index contributed by atoms with van der Waals surface area (Å²) in [6.07, 6.45) is 8.62. The summed E-state index contributed by atoms with van der Waals surface area (Å²) in [5, 5.41) is 13.0. The Balaban J connectivity index is 1.46.